The summed E-state index contributed by atoms with van der Waals surface area (Å²) in [6.07, 6.45) is 7.75. The van der Waals surface area contributed by atoms with Gasteiger partial charge in [0.25, 0.3) is 0 Å². The number of hydrogen-bond donors (Lipinski definition) is 0. The Morgan fingerprint density at radius 1 is 0.812 bits per heavy atom. The van der Waals surface area contributed by atoms with Crippen LogP contribution in [0.25, 0.3) is 0 Å². The van der Waals surface area contributed by atoms with E-state index in [0.717, 1.165) is 25.4 Å². The number of piperazine rings is 1. The zero-order chi connectivity index (χ0) is 22.1. The molecule has 3 aliphatic rings. The molecule has 2 aromatic rings. The van der Waals surface area contributed by atoms with Crippen LogP contribution in [0.4, 0.5) is 5.69 Å². The third kappa shape index (κ3) is 4.43. The van der Waals surface area contributed by atoms with Gasteiger partial charge in [-0.05, 0) is 61.1 Å². The second kappa shape index (κ2) is 9.34. The van der Waals surface area contributed by atoms with Gasteiger partial charge in [0.2, 0.25) is 10.0 Å². The maximum atomic E-state index is 13.0. The molecule has 0 atom stereocenters. The van der Waals surface area contributed by atoms with Crippen LogP contribution < -0.4 is 4.90 Å². The van der Waals surface area contributed by atoms with Gasteiger partial charge in [-0.3, -0.25) is 4.90 Å². The molecule has 2 aliphatic heterocycles. The number of rotatable bonds is 4. The van der Waals surface area contributed by atoms with Crippen LogP contribution >= 0.6 is 11.6 Å². The third-order valence-electron chi connectivity index (χ3n) is 7.43. The average molecular weight is 474 g/mol. The first-order valence-electron chi connectivity index (χ1n) is 11.9. The van der Waals surface area contributed by atoms with Crippen molar-refractivity contribution in [3.8, 4) is 0 Å². The average Bonchev–Trinajstić information content (AvgIpc) is 3.26. The van der Waals surface area contributed by atoms with Crippen molar-refractivity contribution in [3.05, 3.63) is 58.6 Å². The minimum atomic E-state index is -3.56. The van der Waals surface area contributed by atoms with Crippen molar-refractivity contribution in [3.63, 3.8) is 0 Å². The molecule has 0 unspecified atom stereocenters. The van der Waals surface area contributed by atoms with E-state index in [9.17, 15) is 8.42 Å². The Morgan fingerprint density at radius 3 is 2.22 bits per heavy atom. The summed E-state index contributed by atoms with van der Waals surface area (Å²) >= 11 is 6.17. The number of halogens is 1. The Balaban J connectivity index is 1.25. The molecule has 0 radical (unpaired) electrons. The minimum absolute atomic E-state index is 0.201. The number of sulfonamides is 1. The smallest absolute Gasteiger partial charge is 0.244 e. The molecule has 1 saturated heterocycles. The van der Waals surface area contributed by atoms with E-state index in [-0.39, 0.29) is 9.92 Å². The predicted molar refractivity (Wildman–Crippen MR) is 130 cm³/mol. The van der Waals surface area contributed by atoms with E-state index in [1.165, 1.54) is 49.0 Å². The molecule has 172 valence electrons. The molecule has 5 rings (SSSR count). The van der Waals surface area contributed by atoms with Crippen LogP contribution in [-0.4, -0.2) is 62.9 Å². The molecule has 0 amide bonds. The van der Waals surface area contributed by atoms with Crippen molar-refractivity contribution in [1.29, 1.82) is 0 Å². The molecule has 2 aromatic carbocycles. The van der Waals surface area contributed by atoms with E-state index in [4.69, 9.17) is 11.6 Å². The van der Waals surface area contributed by atoms with Crippen LogP contribution in [-0.2, 0) is 22.9 Å². The normalized spacial score (nSPS) is 21.5. The van der Waals surface area contributed by atoms with Crippen LogP contribution in [0.1, 0.15) is 36.8 Å². The van der Waals surface area contributed by atoms with Gasteiger partial charge in [0.1, 0.15) is 4.90 Å². The lowest BCUT2D eigenvalue weighted by molar-refractivity contribution is 0.208. The highest BCUT2D eigenvalue weighted by Crippen LogP contribution is 2.30. The van der Waals surface area contributed by atoms with E-state index in [2.05, 4.69) is 28.0 Å². The van der Waals surface area contributed by atoms with Crippen molar-refractivity contribution >= 4 is 27.3 Å². The van der Waals surface area contributed by atoms with Crippen LogP contribution in [0.2, 0.25) is 5.02 Å². The maximum Gasteiger partial charge on any atom is 0.244 e. The molecular weight excluding hydrogens is 442 g/mol. The first-order valence-corrected chi connectivity index (χ1v) is 13.7. The largest absolute Gasteiger partial charge is 0.369 e. The van der Waals surface area contributed by atoms with Crippen molar-refractivity contribution in [2.45, 2.75) is 49.5 Å². The molecule has 0 N–H and O–H groups in total. The summed E-state index contributed by atoms with van der Waals surface area (Å²) in [5.41, 5.74) is 4.16. The van der Waals surface area contributed by atoms with E-state index < -0.39 is 10.0 Å². The number of hydrogen-bond acceptors (Lipinski definition) is 4. The second-order valence-electron chi connectivity index (χ2n) is 9.25. The van der Waals surface area contributed by atoms with Gasteiger partial charge in [0.15, 0.2) is 0 Å². The summed E-state index contributed by atoms with van der Waals surface area (Å²) < 4.78 is 27.6. The summed E-state index contributed by atoms with van der Waals surface area (Å²) in [6.45, 7) is 4.66. The van der Waals surface area contributed by atoms with Gasteiger partial charge in [0, 0.05) is 51.0 Å². The van der Waals surface area contributed by atoms with Gasteiger partial charge in [-0.1, -0.05) is 42.6 Å². The summed E-state index contributed by atoms with van der Waals surface area (Å²) in [5, 5.41) is 0.285. The van der Waals surface area contributed by atoms with E-state index >= 15 is 0 Å². The number of nitrogens with zero attached hydrogens (tertiary/aromatic N) is 3. The SMILES string of the molecule is O=S(=O)(c1ccccc1Cl)N1CCN(c2ccc3c(c2)CCN(C2CCCC2)CC3)CC1. The maximum absolute atomic E-state index is 13.0. The molecule has 2 heterocycles. The Bertz CT molecular complexity index is 1060. The standard InChI is InChI=1S/C25H32ClN3O2S/c26-24-7-3-4-8-25(24)32(30,31)29-17-15-28(16-18-29)23-10-9-20-11-13-27(14-12-21(20)19-23)22-5-1-2-6-22/h3-4,7-10,19,22H,1-2,5-6,11-18H2. The molecule has 1 aliphatic carbocycles. The first-order chi connectivity index (χ1) is 15.5. The Morgan fingerprint density at radius 2 is 1.50 bits per heavy atom. The zero-order valence-corrected chi connectivity index (χ0v) is 20.1. The van der Waals surface area contributed by atoms with Gasteiger partial charge in [-0.15, -0.1) is 0 Å². The van der Waals surface area contributed by atoms with E-state index in [1.807, 2.05) is 0 Å². The highest BCUT2D eigenvalue weighted by atomic mass is 35.5. The molecular formula is C25H32ClN3O2S. The van der Waals surface area contributed by atoms with E-state index in [0.29, 0.717) is 26.2 Å². The fourth-order valence-corrected chi connectivity index (χ4v) is 7.46. The van der Waals surface area contributed by atoms with Crippen molar-refractivity contribution < 1.29 is 8.42 Å². The summed E-state index contributed by atoms with van der Waals surface area (Å²) in [5.74, 6) is 0. The minimum Gasteiger partial charge on any atom is -0.369 e. The van der Waals surface area contributed by atoms with Crippen molar-refractivity contribution in [2.24, 2.45) is 0 Å². The molecule has 0 bridgehead atoms. The van der Waals surface area contributed by atoms with Gasteiger partial charge in [-0.2, -0.15) is 4.31 Å². The summed E-state index contributed by atoms with van der Waals surface area (Å²) in [4.78, 5) is 5.23. The van der Waals surface area contributed by atoms with Crippen LogP contribution in [0.15, 0.2) is 47.4 Å². The first kappa shape index (κ1) is 22.2. The topological polar surface area (TPSA) is 43.9 Å². The third-order valence-corrected chi connectivity index (χ3v) is 9.82. The van der Waals surface area contributed by atoms with Crippen LogP contribution in [0.3, 0.4) is 0 Å². The second-order valence-corrected chi connectivity index (χ2v) is 11.6. The lowest BCUT2D eigenvalue weighted by Crippen LogP contribution is -2.48. The van der Waals surface area contributed by atoms with Gasteiger partial charge in [-0.25, -0.2) is 8.42 Å². The molecule has 1 saturated carbocycles. The number of anilines is 1. The van der Waals surface area contributed by atoms with Gasteiger partial charge < -0.3 is 4.90 Å². The van der Waals surface area contributed by atoms with E-state index in [1.54, 1.807) is 28.6 Å². The fraction of sp³-hybridized carbons (Fsp3) is 0.520. The lowest BCUT2D eigenvalue weighted by atomic mass is 10.0. The number of fused-ring (bicyclic) bond motifs is 1. The summed E-state index contributed by atoms with van der Waals surface area (Å²) in [6, 6.07) is 14.4. The number of benzene rings is 2. The predicted octanol–water partition coefficient (Wildman–Crippen LogP) is 4.19. The Kier molecular flexibility index (Phi) is 6.48. The monoisotopic (exact) mass is 473 g/mol. The highest BCUT2D eigenvalue weighted by Gasteiger charge is 2.30. The lowest BCUT2D eigenvalue weighted by Gasteiger charge is -2.35. The molecule has 2 fully saturated rings. The highest BCUT2D eigenvalue weighted by molar-refractivity contribution is 7.89. The molecule has 0 spiro atoms. The zero-order valence-electron chi connectivity index (χ0n) is 18.5. The van der Waals surface area contributed by atoms with Crippen molar-refractivity contribution in [1.82, 2.24) is 9.21 Å². The Hall–Kier alpha value is -1.60. The van der Waals surface area contributed by atoms with Gasteiger partial charge in [0.05, 0.1) is 5.02 Å². The fourth-order valence-electron chi connectivity index (χ4n) is 5.54. The molecule has 32 heavy (non-hydrogen) atoms. The molecule has 5 nitrogen and oxygen atoms in total. The quantitative estimate of drug-likeness (QED) is 0.667. The van der Waals surface area contributed by atoms with Gasteiger partial charge >= 0.3 is 0 Å². The van der Waals surface area contributed by atoms with Crippen molar-refractivity contribution in [2.75, 3.05) is 44.2 Å². The molecule has 7 heteroatoms. The van der Waals surface area contributed by atoms with Crippen LogP contribution in [0, 0.1) is 0 Å². The molecule has 0 aromatic heterocycles. The van der Waals surface area contributed by atoms with Crippen LogP contribution in [0.5, 0.6) is 0 Å². The Labute approximate surface area is 197 Å². The summed E-state index contributed by atoms with van der Waals surface area (Å²) in [7, 11) is -3.56.